The molecule has 20 nitrogen and oxygen atoms in total. The number of carbonyl (C=O) groups excluding carboxylic acids is 6. The number of carbonyl (C=O) groups is 8. The summed E-state index contributed by atoms with van der Waals surface area (Å²) in [6, 6.07) is -8.74. The van der Waals surface area contributed by atoms with E-state index in [1.54, 1.807) is 27.7 Å². The average molecular weight is 800 g/mol. The molecule has 8 atom stereocenters. The minimum atomic E-state index is -1.66. The first kappa shape index (κ1) is 49.6. The summed E-state index contributed by atoms with van der Waals surface area (Å²) in [5.41, 5.74) is 11.1. The summed E-state index contributed by atoms with van der Waals surface area (Å²) in [6.45, 7) is 7.36. The summed E-state index contributed by atoms with van der Waals surface area (Å²) in [6.07, 6.45) is 2.99. The smallest absolute Gasteiger partial charge is 0.326 e. The molecule has 0 spiro atoms. The Morgan fingerprint density at radius 2 is 1.18 bits per heavy atom. The van der Waals surface area contributed by atoms with E-state index < -0.39 is 103 Å². The van der Waals surface area contributed by atoms with Gasteiger partial charge in [0.15, 0.2) is 0 Å². The van der Waals surface area contributed by atoms with Crippen molar-refractivity contribution >= 4 is 47.4 Å². The molecule has 1 saturated heterocycles. The van der Waals surface area contributed by atoms with Gasteiger partial charge < -0.3 is 64.0 Å². The number of aliphatic hydroxyl groups is 1. The van der Waals surface area contributed by atoms with E-state index in [-0.39, 0.29) is 31.1 Å². The Hall–Kier alpha value is -4.40. The maximum absolute atomic E-state index is 13.6. The summed E-state index contributed by atoms with van der Waals surface area (Å²) < 4.78 is 0. The van der Waals surface area contributed by atoms with Gasteiger partial charge in [-0.15, -0.1) is 0 Å². The van der Waals surface area contributed by atoms with Crippen LogP contribution in [0.25, 0.3) is 0 Å². The van der Waals surface area contributed by atoms with Crippen LogP contribution >= 0.6 is 0 Å². The molecule has 1 aliphatic heterocycles. The van der Waals surface area contributed by atoms with Crippen LogP contribution in [0.3, 0.4) is 0 Å². The largest absolute Gasteiger partial charge is 0.481 e. The van der Waals surface area contributed by atoms with E-state index in [1.165, 1.54) is 0 Å². The number of carboxylic acid groups (broad SMARTS) is 2. The summed E-state index contributed by atoms with van der Waals surface area (Å²) >= 11 is 0. The van der Waals surface area contributed by atoms with E-state index in [0.717, 1.165) is 6.42 Å². The van der Waals surface area contributed by atoms with Crippen LogP contribution in [0, 0.1) is 11.8 Å². The molecule has 0 aliphatic carbocycles. The summed E-state index contributed by atoms with van der Waals surface area (Å²) in [4.78, 5) is 104. The molecule has 0 aromatic carbocycles. The van der Waals surface area contributed by atoms with Crippen molar-refractivity contribution in [2.75, 3.05) is 26.2 Å². The van der Waals surface area contributed by atoms with E-state index in [9.17, 15) is 53.7 Å². The van der Waals surface area contributed by atoms with Gasteiger partial charge in [-0.3, -0.25) is 33.6 Å². The van der Waals surface area contributed by atoms with Crippen molar-refractivity contribution in [3.63, 3.8) is 0 Å². The maximum atomic E-state index is 13.6. The lowest BCUT2D eigenvalue weighted by atomic mass is 9.97. The van der Waals surface area contributed by atoms with Gasteiger partial charge >= 0.3 is 11.9 Å². The first-order chi connectivity index (χ1) is 26.5. The van der Waals surface area contributed by atoms with Gasteiger partial charge in [0, 0.05) is 0 Å². The predicted molar refractivity (Wildman–Crippen MR) is 204 cm³/mol. The molecule has 20 heteroatoms. The number of hydrogen-bond acceptors (Lipinski definition) is 12. The van der Waals surface area contributed by atoms with E-state index in [4.69, 9.17) is 11.5 Å². The third-order valence-corrected chi connectivity index (χ3v) is 9.48. The monoisotopic (exact) mass is 799 g/mol. The number of amides is 6. The topological polar surface area (TPSA) is 334 Å². The Labute approximate surface area is 328 Å². The standard InChI is InChI=1S/C36H65N9O11/c1-5-21(4)29(45-30(49)22-13-10-16-39-22)35(54)43-26(18-28(47)48)33(52)42-25(17-20(2)3)32(51)44-27(19-46)34(53)40-23(11-6-8-14-37)31(50)41-24(36(55)56)12-7-9-15-38/h20-27,29,39,46H,5-19,37-38H2,1-4H3,(H,40,53)(H,41,50)(H,42,52)(H,43,54)(H,44,51)(H,45,49)(H,47,48)(H,55,56)/t21-,22-,23-,24-,25-,26-,27-,29-/m0/s1. The minimum absolute atomic E-state index is 0.00410. The quantitative estimate of drug-likeness (QED) is 0.0366. The normalized spacial score (nSPS) is 17.6. The van der Waals surface area contributed by atoms with Gasteiger partial charge in [-0.1, -0.05) is 34.1 Å². The molecule has 0 aromatic heterocycles. The molecule has 0 aromatic rings. The molecule has 1 rings (SSSR count). The van der Waals surface area contributed by atoms with Crippen molar-refractivity contribution in [3.05, 3.63) is 0 Å². The molecule has 0 unspecified atom stereocenters. The number of unbranched alkanes of at least 4 members (excludes halogenated alkanes) is 2. The van der Waals surface area contributed by atoms with Crippen LogP contribution in [0.5, 0.6) is 0 Å². The van der Waals surface area contributed by atoms with Crippen molar-refractivity contribution in [1.29, 1.82) is 0 Å². The van der Waals surface area contributed by atoms with Crippen LogP contribution in [-0.4, -0.2) is 131 Å². The summed E-state index contributed by atoms with van der Waals surface area (Å²) in [5, 5.41) is 47.2. The zero-order chi connectivity index (χ0) is 42.4. The van der Waals surface area contributed by atoms with Gasteiger partial charge in [-0.2, -0.15) is 0 Å². The fourth-order valence-corrected chi connectivity index (χ4v) is 6.01. The van der Waals surface area contributed by atoms with Gasteiger partial charge in [-0.25, -0.2) is 4.79 Å². The highest BCUT2D eigenvalue weighted by atomic mass is 16.4. The zero-order valence-corrected chi connectivity index (χ0v) is 33.1. The highest BCUT2D eigenvalue weighted by molar-refractivity contribution is 5.98. The van der Waals surface area contributed by atoms with E-state index in [2.05, 4.69) is 37.2 Å². The highest BCUT2D eigenvalue weighted by Crippen LogP contribution is 2.13. The second kappa shape index (κ2) is 26.5. The Bertz CT molecular complexity index is 1310. The Morgan fingerprint density at radius 3 is 1.68 bits per heavy atom. The fourth-order valence-electron chi connectivity index (χ4n) is 6.01. The zero-order valence-electron chi connectivity index (χ0n) is 33.1. The van der Waals surface area contributed by atoms with Crippen molar-refractivity contribution in [2.45, 2.75) is 141 Å². The second-order valence-electron chi connectivity index (χ2n) is 14.6. The third kappa shape index (κ3) is 18.0. The number of rotatable bonds is 28. The van der Waals surface area contributed by atoms with Crippen LogP contribution in [-0.2, 0) is 38.4 Å². The SMILES string of the molecule is CC[C@H](C)[C@H](NC(=O)[C@@H]1CCCN1)C(=O)N[C@@H](CC(=O)O)C(=O)N[C@@H](CC(C)C)C(=O)N[C@@H](CO)C(=O)N[C@@H](CCCCN)C(=O)N[C@@H](CCCCN)C(=O)O. The average Bonchev–Trinajstić information content (AvgIpc) is 3.69. The lowest BCUT2D eigenvalue weighted by Gasteiger charge is -2.28. The van der Waals surface area contributed by atoms with Crippen LogP contribution in [0.2, 0.25) is 0 Å². The van der Waals surface area contributed by atoms with E-state index in [0.29, 0.717) is 58.2 Å². The number of carboxylic acids is 2. The van der Waals surface area contributed by atoms with Crippen molar-refractivity contribution in [3.8, 4) is 0 Å². The Balaban J connectivity index is 3.18. The molecule has 1 aliphatic rings. The molecule has 14 N–H and O–H groups in total. The Kier molecular flexibility index (Phi) is 23.4. The number of aliphatic carboxylic acids is 2. The van der Waals surface area contributed by atoms with Gasteiger partial charge in [0.05, 0.1) is 19.1 Å². The number of nitrogens with one attached hydrogen (secondary N) is 7. The predicted octanol–water partition coefficient (Wildman–Crippen LogP) is -2.45. The van der Waals surface area contributed by atoms with Gasteiger partial charge in [0.25, 0.3) is 0 Å². The molecule has 1 fully saturated rings. The fraction of sp³-hybridized carbons (Fsp3) is 0.778. The van der Waals surface area contributed by atoms with Crippen LogP contribution in [0.4, 0.5) is 0 Å². The van der Waals surface area contributed by atoms with Crippen molar-refractivity contribution < 1.29 is 53.7 Å². The number of aliphatic hydroxyl groups excluding tert-OH is 1. The highest BCUT2D eigenvalue weighted by Gasteiger charge is 2.36. The molecule has 0 bridgehead atoms. The molecule has 6 amide bonds. The molecule has 0 saturated carbocycles. The first-order valence-electron chi connectivity index (χ1n) is 19.5. The summed E-state index contributed by atoms with van der Waals surface area (Å²) in [7, 11) is 0. The van der Waals surface area contributed by atoms with Crippen LogP contribution < -0.4 is 48.7 Å². The Morgan fingerprint density at radius 1 is 0.679 bits per heavy atom. The summed E-state index contributed by atoms with van der Waals surface area (Å²) in [5.74, 6) is -8.21. The van der Waals surface area contributed by atoms with Crippen LogP contribution in [0.1, 0.15) is 98.3 Å². The maximum Gasteiger partial charge on any atom is 0.326 e. The molecule has 1 heterocycles. The van der Waals surface area contributed by atoms with E-state index in [1.807, 2.05) is 0 Å². The van der Waals surface area contributed by atoms with E-state index >= 15 is 0 Å². The third-order valence-electron chi connectivity index (χ3n) is 9.48. The van der Waals surface area contributed by atoms with Gasteiger partial charge in [-0.05, 0) is 89.3 Å². The van der Waals surface area contributed by atoms with Crippen molar-refractivity contribution in [2.24, 2.45) is 23.3 Å². The molecular formula is C36H65N9O11. The lowest BCUT2D eigenvalue weighted by molar-refractivity contribution is -0.143. The van der Waals surface area contributed by atoms with Gasteiger partial charge in [0.1, 0.15) is 36.3 Å². The molecule has 0 radical (unpaired) electrons. The molecule has 320 valence electrons. The van der Waals surface area contributed by atoms with Crippen LogP contribution in [0.15, 0.2) is 0 Å². The second-order valence-corrected chi connectivity index (χ2v) is 14.6. The first-order valence-corrected chi connectivity index (χ1v) is 19.5. The molecule has 56 heavy (non-hydrogen) atoms. The number of hydrogen-bond donors (Lipinski definition) is 12. The molecular weight excluding hydrogens is 734 g/mol. The number of nitrogens with two attached hydrogens (primary N) is 2. The van der Waals surface area contributed by atoms with Crippen molar-refractivity contribution in [1.82, 2.24) is 37.2 Å². The minimum Gasteiger partial charge on any atom is -0.481 e. The van der Waals surface area contributed by atoms with Gasteiger partial charge in [0.2, 0.25) is 35.4 Å². The lowest BCUT2D eigenvalue weighted by Crippen LogP contribution is -2.61.